The SMILES string of the molecule is CCCCC/C=C\C/C=C\C/C=C\C/C=C\CCCC(=O)OC[C@H](COP(=O)(O)OC[C@@H](O)COP(=O)(O)OC[C@@H](COC(=O)CCCCCCC/C=C\CCCCCCCC)OC(=O)CCCCCCC/C=C\C/C=C\CCCCC)OC(=O)CCCCCCCCCCCCCCCCCCC. The monoisotopic (exact) mass is 1510 g/mol. The number of aliphatic hydroxyl groups excluding tert-OH is 1. The highest BCUT2D eigenvalue weighted by Gasteiger charge is 2.30. The Bertz CT molecular complexity index is 2300. The summed E-state index contributed by atoms with van der Waals surface area (Å²) in [6.07, 6.45) is 81.3. The molecule has 0 aliphatic heterocycles. The average Bonchev–Trinajstić information content (AvgIpc) is 0.926. The minimum atomic E-state index is -4.99. The number of ether oxygens (including phenoxy) is 4. The standard InChI is InChI=1S/C85H152O17P2/c1-5-9-13-17-21-25-29-33-37-39-43-46-50-54-58-62-66-70-83(88)96-76-81(102-85(90)72-68-64-60-56-52-48-44-40-38-34-30-26-22-18-14-10-6-2)78-100-104(93,94)98-74-79(86)73-97-103(91,92)99-77-80(101-84(89)71-67-63-59-55-51-47-42-36-32-28-24-20-16-12-8-4)75-95-82(87)69-65-61-57-53-49-45-41-35-31-27-23-19-15-11-7-3/h21,24-25,28,33,35-37,41-43,46,54,58,79-81,86H,5-20,22-23,26-27,29-32,34,38-40,44-45,47-53,55-57,59-78H2,1-4H3,(H,91,92)(H,93,94)/b25-21-,28-24-,37-33-,41-35-,42-36-,46-43-,58-54-/t79-,80+,81+/m0/s1. The Morgan fingerprint density at radius 1 is 0.269 bits per heavy atom. The maximum Gasteiger partial charge on any atom is 0.472 e. The van der Waals surface area contributed by atoms with Crippen LogP contribution in [-0.4, -0.2) is 96.7 Å². The Balaban J connectivity index is 5.40. The first-order valence-corrected chi connectivity index (χ1v) is 44.8. The molecule has 0 aromatic carbocycles. The van der Waals surface area contributed by atoms with E-state index in [1.807, 2.05) is 12.2 Å². The number of phosphoric acid groups is 2. The van der Waals surface area contributed by atoms with Gasteiger partial charge in [-0.05, 0) is 122 Å². The molecule has 0 aromatic heterocycles. The smallest absolute Gasteiger partial charge is 0.462 e. The number of phosphoric ester groups is 2. The first kappa shape index (κ1) is 100. The number of unbranched alkanes of at least 4 members (excludes halogenated alkanes) is 39. The minimum absolute atomic E-state index is 0.0783. The van der Waals surface area contributed by atoms with Gasteiger partial charge in [0.2, 0.25) is 0 Å². The fraction of sp³-hybridized carbons (Fsp3) is 0.788. The summed E-state index contributed by atoms with van der Waals surface area (Å²) in [5.41, 5.74) is 0. The number of hydrogen-bond acceptors (Lipinski definition) is 15. The molecular weight excluding hydrogens is 1350 g/mol. The number of carbonyl (C=O) groups excluding carboxylic acids is 4. The Morgan fingerprint density at radius 3 is 0.788 bits per heavy atom. The number of rotatable bonds is 79. The lowest BCUT2D eigenvalue weighted by Crippen LogP contribution is -2.30. The summed E-state index contributed by atoms with van der Waals surface area (Å²) in [5, 5.41) is 10.7. The number of carbonyl (C=O) groups is 4. The van der Waals surface area contributed by atoms with Crippen molar-refractivity contribution in [2.24, 2.45) is 0 Å². The van der Waals surface area contributed by atoms with E-state index in [2.05, 4.69) is 101 Å². The Labute approximate surface area is 634 Å². The van der Waals surface area contributed by atoms with Crippen LogP contribution in [0.15, 0.2) is 85.1 Å². The van der Waals surface area contributed by atoms with Crippen molar-refractivity contribution in [2.75, 3.05) is 39.6 Å². The van der Waals surface area contributed by atoms with Gasteiger partial charge in [0.25, 0.3) is 0 Å². The van der Waals surface area contributed by atoms with Gasteiger partial charge in [-0.1, -0.05) is 312 Å². The predicted octanol–water partition coefficient (Wildman–Crippen LogP) is 24.6. The van der Waals surface area contributed by atoms with Gasteiger partial charge in [0.15, 0.2) is 12.2 Å². The minimum Gasteiger partial charge on any atom is -0.462 e. The van der Waals surface area contributed by atoms with Crippen molar-refractivity contribution >= 4 is 39.5 Å². The lowest BCUT2D eigenvalue weighted by molar-refractivity contribution is -0.161. The van der Waals surface area contributed by atoms with Crippen molar-refractivity contribution in [3.63, 3.8) is 0 Å². The van der Waals surface area contributed by atoms with Crippen LogP contribution in [0.4, 0.5) is 0 Å². The van der Waals surface area contributed by atoms with Crippen molar-refractivity contribution in [1.29, 1.82) is 0 Å². The van der Waals surface area contributed by atoms with Gasteiger partial charge >= 0.3 is 39.5 Å². The maximum absolute atomic E-state index is 13.1. The summed E-state index contributed by atoms with van der Waals surface area (Å²) in [6, 6.07) is 0. The van der Waals surface area contributed by atoms with Crippen LogP contribution in [0.2, 0.25) is 0 Å². The van der Waals surface area contributed by atoms with Gasteiger partial charge in [-0.3, -0.25) is 37.3 Å². The molecule has 2 unspecified atom stereocenters. The second-order valence-corrected chi connectivity index (χ2v) is 31.0. The topological polar surface area (TPSA) is 237 Å². The van der Waals surface area contributed by atoms with E-state index >= 15 is 0 Å². The van der Waals surface area contributed by atoms with Gasteiger partial charge in [0.1, 0.15) is 19.3 Å². The van der Waals surface area contributed by atoms with Gasteiger partial charge in [-0.2, -0.15) is 0 Å². The summed E-state index contributed by atoms with van der Waals surface area (Å²) >= 11 is 0. The van der Waals surface area contributed by atoms with Crippen LogP contribution in [-0.2, 0) is 65.4 Å². The lowest BCUT2D eigenvalue weighted by Gasteiger charge is -2.21. The number of esters is 4. The molecule has 0 fully saturated rings. The third-order valence-corrected chi connectivity index (χ3v) is 19.7. The summed E-state index contributed by atoms with van der Waals surface area (Å²) < 4.78 is 68.7. The van der Waals surface area contributed by atoms with Crippen LogP contribution >= 0.6 is 15.6 Å². The van der Waals surface area contributed by atoms with Crippen LogP contribution in [0, 0.1) is 0 Å². The molecular formula is C85H152O17P2. The zero-order valence-electron chi connectivity index (χ0n) is 66.2. The van der Waals surface area contributed by atoms with E-state index in [-0.39, 0.29) is 25.7 Å². The molecule has 0 aromatic rings. The molecule has 0 amide bonds. The van der Waals surface area contributed by atoms with Crippen molar-refractivity contribution in [3.05, 3.63) is 85.1 Å². The summed E-state index contributed by atoms with van der Waals surface area (Å²) in [7, 11) is -9.97. The van der Waals surface area contributed by atoms with Gasteiger partial charge in [0, 0.05) is 25.7 Å². The molecule has 0 saturated heterocycles. The fourth-order valence-corrected chi connectivity index (χ4v) is 13.0. The van der Waals surface area contributed by atoms with Crippen LogP contribution < -0.4 is 0 Å². The van der Waals surface area contributed by atoms with E-state index in [0.717, 1.165) is 135 Å². The van der Waals surface area contributed by atoms with Gasteiger partial charge in [-0.25, -0.2) is 9.13 Å². The van der Waals surface area contributed by atoms with E-state index in [4.69, 9.17) is 37.0 Å². The zero-order chi connectivity index (χ0) is 76.0. The van der Waals surface area contributed by atoms with E-state index in [1.54, 1.807) is 0 Å². The maximum atomic E-state index is 13.1. The zero-order valence-corrected chi connectivity index (χ0v) is 68.0. The molecule has 0 rings (SSSR count). The van der Waals surface area contributed by atoms with E-state index in [0.29, 0.717) is 32.1 Å². The summed E-state index contributed by atoms with van der Waals surface area (Å²) in [4.78, 5) is 73.1. The van der Waals surface area contributed by atoms with Crippen molar-refractivity contribution in [3.8, 4) is 0 Å². The molecule has 19 heteroatoms. The molecule has 604 valence electrons. The summed E-state index contributed by atoms with van der Waals surface area (Å²) in [5.74, 6) is -2.24. The second-order valence-electron chi connectivity index (χ2n) is 28.1. The molecule has 104 heavy (non-hydrogen) atoms. The van der Waals surface area contributed by atoms with Crippen LogP contribution in [0.25, 0.3) is 0 Å². The Morgan fingerprint density at radius 2 is 0.481 bits per heavy atom. The lowest BCUT2D eigenvalue weighted by atomic mass is 10.0. The average molecular weight is 1510 g/mol. The molecule has 0 saturated carbocycles. The molecule has 0 spiro atoms. The normalized spacial score (nSPS) is 14.3. The Kier molecular flexibility index (Phi) is 74.6. The van der Waals surface area contributed by atoms with Crippen molar-refractivity contribution in [1.82, 2.24) is 0 Å². The predicted molar refractivity (Wildman–Crippen MR) is 427 cm³/mol. The molecule has 3 N–H and O–H groups in total. The molecule has 17 nitrogen and oxygen atoms in total. The molecule has 0 heterocycles. The van der Waals surface area contributed by atoms with Crippen LogP contribution in [0.1, 0.15) is 374 Å². The number of aliphatic hydroxyl groups is 1. The first-order chi connectivity index (χ1) is 50.7. The molecule has 0 aliphatic carbocycles. The summed E-state index contributed by atoms with van der Waals surface area (Å²) in [6.45, 7) is 4.80. The number of allylic oxidation sites excluding steroid dienone is 14. The number of hydrogen-bond donors (Lipinski definition) is 3. The highest BCUT2D eigenvalue weighted by Crippen LogP contribution is 2.45. The van der Waals surface area contributed by atoms with Crippen LogP contribution in [0.3, 0.4) is 0 Å². The Hall–Kier alpha value is -3.76. The highest BCUT2D eigenvalue weighted by atomic mass is 31.2. The van der Waals surface area contributed by atoms with Crippen molar-refractivity contribution < 1.29 is 80.2 Å². The third kappa shape index (κ3) is 76.4. The molecule has 0 radical (unpaired) electrons. The van der Waals surface area contributed by atoms with E-state index < -0.39 is 97.5 Å². The first-order valence-electron chi connectivity index (χ1n) is 41.8. The quantitative estimate of drug-likeness (QED) is 0.0169. The van der Waals surface area contributed by atoms with Crippen LogP contribution in [0.5, 0.6) is 0 Å². The fourth-order valence-electron chi connectivity index (χ4n) is 11.4. The van der Waals surface area contributed by atoms with E-state index in [1.165, 1.54) is 154 Å². The van der Waals surface area contributed by atoms with Crippen molar-refractivity contribution in [2.45, 2.75) is 393 Å². The molecule has 0 aliphatic rings. The molecule has 5 atom stereocenters. The van der Waals surface area contributed by atoms with Gasteiger partial charge < -0.3 is 33.8 Å². The van der Waals surface area contributed by atoms with E-state index in [9.17, 15) is 43.2 Å². The highest BCUT2D eigenvalue weighted by molar-refractivity contribution is 7.47. The second kappa shape index (κ2) is 77.4. The largest absolute Gasteiger partial charge is 0.472 e. The van der Waals surface area contributed by atoms with Gasteiger partial charge in [-0.15, -0.1) is 0 Å². The molecule has 0 bridgehead atoms. The third-order valence-electron chi connectivity index (χ3n) is 17.8. The van der Waals surface area contributed by atoms with Gasteiger partial charge in [0.05, 0.1) is 26.4 Å².